The van der Waals surface area contributed by atoms with E-state index in [1.807, 2.05) is 11.8 Å². The molecule has 2 N–H and O–H groups in total. The normalized spacial score (nSPS) is 36.8. The first-order valence-corrected chi connectivity index (χ1v) is 7.99. The van der Waals surface area contributed by atoms with Gasteiger partial charge in [-0.25, -0.2) is 0 Å². The van der Waals surface area contributed by atoms with Crippen LogP contribution in [0.2, 0.25) is 0 Å². The Kier molecular flexibility index (Phi) is 4.95. The average Bonchev–Trinajstić information content (AvgIpc) is 2.36. The first kappa shape index (κ1) is 13.4. The highest BCUT2D eigenvalue weighted by atomic mass is 32.2. The predicted octanol–water partition coefficient (Wildman–Crippen LogP) is 2.58. The van der Waals surface area contributed by atoms with Crippen LogP contribution >= 0.6 is 11.8 Å². The van der Waals surface area contributed by atoms with Gasteiger partial charge in [-0.2, -0.15) is 11.8 Å². The first-order chi connectivity index (χ1) is 8.24. The Morgan fingerprint density at radius 2 is 2.29 bits per heavy atom. The quantitative estimate of drug-likeness (QED) is 0.716. The standard InChI is InChI=1S/C14H25NOS/c1-2-17-13-8-9-14(13,16)11-15-10-12-6-4-3-5-7-12/h3-4,12-13,15-16H,2,5-11H2,1H3. The largest absolute Gasteiger partial charge is 0.387 e. The maximum Gasteiger partial charge on any atom is 0.0889 e. The van der Waals surface area contributed by atoms with Crippen molar-refractivity contribution in [3.63, 3.8) is 0 Å². The van der Waals surface area contributed by atoms with Crippen molar-refractivity contribution in [1.82, 2.24) is 5.32 Å². The number of thioether (sulfide) groups is 1. The third kappa shape index (κ3) is 3.49. The number of nitrogens with one attached hydrogen (secondary N) is 1. The van der Waals surface area contributed by atoms with E-state index in [0.717, 1.165) is 31.2 Å². The topological polar surface area (TPSA) is 32.3 Å². The van der Waals surface area contributed by atoms with Crippen molar-refractivity contribution in [2.24, 2.45) is 5.92 Å². The SMILES string of the molecule is CCSC1CCC1(O)CNCC1CC=CCC1. The van der Waals surface area contributed by atoms with E-state index in [2.05, 4.69) is 24.4 Å². The van der Waals surface area contributed by atoms with Gasteiger partial charge in [-0.1, -0.05) is 19.1 Å². The van der Waals surface area contributed by atoms with Crippen LogP contribution in [-0.4, -0.2) is 34.8 Å². The van der Waals surface area contributed by atoms with E-state index in [9.17, 15) is 5.11 Å². The van der Waals surface area contributed by atoms with Gasteiger partial charge in [-0.15, -0.1) is 0 Å². The molecule has 17 heavy (non-hydrogen) atoms. The summed E-state index contributed by atoms with van der Waals surface area (Å²) in [6.45, 7) is 4.02. The maximum absolute atomic E-state index is 10.4. The zero-order chi connectivity index (χ0) is 12.1. The summed E-state index contributed by atoms with van der Waals surface area (Å²) in [5.41, 5.74) is -0.425. The summed E-state index contributed by atoms with van der Waals surface area (Å²) >= 11 is 1.91. The van der Waals surface area contributed by atoms with Gasteiger partial charge in [0.25, 0.3) is 0 Å². The summed E-state index contributed by atoms with van der Waals surface area (Å²) in [5, 5.41) is 14.4. The van der Waals surface area contributed by atoms with E-state index in [4.69, 9.17) is 0 Å². The second-order valence-electron chi connectivity index (χ2n) is 5.37. The highest BCUT2D eigenvalue weighted by Gasteiger charge is 2.44. The number of rotatable bonds is 6. The third-order valence-electron chi connectivity index (χ3n) is 4.05. The van der Waals surface area contributed by atoms with Crippen LogP contribution in [0.3, 0.4) is 0 Å². The molecule has 0 aromatic heterocycles. The number of hydrogen-bond acceptors (Lipinski definition) is 3. The zero-order valence-electron chi connectivity index (χ0n) is 10.8. The summed E-state index contributed by atoms with van der Waals surface area (Å²) in [4.78, 5) is 0. The minimum Gasteiger partial charge on any atom is -0.387 e. The Bertz CT molecular complexity index is 269. The molecule has 0 aromatic carbocycles. The van der Waals surface area contributed by atoms with Gasteiger partial charge in [0.15, 0.2) is 0 Å². The molecule has 1 saturated carbocycles. The Morgan fingerprint density at radius 1 is 1.41 bits per heavy atom. The van der Waals surface area contributed by atoms with E-state index in [-0.39, 0.29) is 0 Å². The molecule has 0 spiro atoms. The molecule has 2 aliphatic rings. The lowest BCUT2D eigenvalue weighted by molar-refractivity contribution is -0.0237. The van der Waals surface area contributed by atoms with Gasteiger partial charge in [0.05, 0.1) is 5.60 Å². The molecule has 0 heterocycles. The molecule has 3 atom stereocenters. The Morgan fingerprint density at radius 3 is 2.88 bits per heavy atom. The fourth-order valence-corrected chi connectivity index (χ4v) is 3.97. The maximum atomic E-state index is 10.4. The molecule has 0 bridgehead atoms. The van der Waals surface area contributed by atoms with Gasteiger partial charge in [0.1, 0.15) is 0 Å². The number of hydrogen-bond donors (Lipinski definition) is 2. The molecule has 3 unspecified atom stereocenters. The van der Waals surface area contributed by atoms with Crippen molar-refractivity contribution in [1.29, 1.82) is 0 Å². The predicted molar refractivity (Wildman–Crippen MR) is 75.5 cm³/mol. The molecule has 2 nitrogen and oxygen atoms in total. The van der Waals surface area contributed by atoms with Crippen molar-refractivity contribution < 1.29 is 5.11 Å². The summed E-state index contributed by atoms with van der Waals surface area (Å²) in [7, 11) is 0. The Labute approximate surface area is 109 Å². The minimum absolute atomic E-state index is 0.425. The van der Waals surface area contributed by atoms with Crippen LogP contribution in [-0.2, 0) is 0 Å². The summed E-state index contributed by atoms with van der Waals surface area (Å²) < 4.78 is 0. The highest BCUT2D eigenvalue weighted by molar-refractivity contribution is 8.00. The fourth-order valence-electron chi connectivity index (χ4n) is 2.77. The summed E-state index contributed by atoms with van der Waals surface area (Å²) in [6.07, 6.45) is 10.5. The van der Waals surface area contributed by atoms with Crippen LogP contribution in [0.1, 0.15) is 39.0 Å². The molecule has 98 valence electrons. The van der Waals surface area contributed by atoms with Gasteiger partial charge in [-0.3, -0.25) is 0 Å². The van der Waals surface area contributed by atoms with Crippen LogP contribution in [0.15, 0.2) is 12.2 Å². The number of allylic oxidation sites excluding steroid dienone is 2. The van der Waals surface area contributed by atoms with E-state index >= 15 is 0 Å². The zero-order valence-corrected chi connectivity index (χ0v) is 11.6. The van der Waals surface area contributed by atoms with Gasteiger partial charge in [-0.05, 0) is 50.3 Å². The van der Waals surface area contributed by atoms with Crippen molar-refractivity contribution in [3.05, 3.63) is 12.2 Å². The van der Waals surface area contributed by atoms with Crippen molar-refractivity contribution in [2.45, 2.75) is 49.9 Å². The molecule has 0 aromatic rings. The van der Waals surface area contributed by atoms with E-state index in [1.165, 1.54) is 25.7 Å². The first-order valence-electron chi connectivity index (χ1n) is 6.94. The molecule has 0 amide bonds. The highest BCUT2D eigenvalue weighted by Crippen LogP contribution is 2.40. The second kappa shape index (κ2) is 6.26. The number of aliphatic hydroxyl groups is 1. The summed E-state index contributed by atoms with van der Waals surface area (Å²) in [6, 6.07) is 0. The second-order valence-corrected chi connectivity index (χ2v) is 6.85. The molecule has 2 rings (SSSR count). The van der Waals surface area contributed by atoms with E-state index in [1.54, 1.807) is 0 Å². The van der Waals surface area contributed by atoms with Crippen LogP contribution in [0, 0.1) is 5.92 Å². The molecular weight excluding hydrogens is 230 g/mol. The van der Waals surface area contributed by atoms with Crippen molar-refractivity contribution in [3.8, 4) is 0 Å². The minimum atomic E-state index is -0.425. The van der Waals surface area contributed by atoms with E-state index < -0.39 is 5.60 Å². The van der Waals surface area contributed by atoms with Gasteiger partial charge < -0.3 is 10.4 Å². The molecular formula is C14H25NOS. The Hall–Kier alpha value is 0.0100. The third-order valence-corrected chi connectivity index (χ3v) is 5.46. The van der Waals surface area contributed by atoms with E-state index in [0.29, 0.717) is 5.25 Å². The molecule has 0 saturated heterocycles. The molecule has 0 aliphatic heterocycles. The molecule has 0 radical (unpaired) electrons. The lowest BCUT2D eigenvalue weighted by atomic mass is 9.79. The average molecular weight is 255 g/mol. The van der Waals surface area contributed by atoms with Crippen molar-refractivity contribution in [2.75, 3.05) is 18.8 Å². The van der Waals surface area contributed by atoms with Crippen molar-refractivity contribution >= 4 is 11.8 Å². The lowest BCUT2D eigenvalue weighted by Gasteiger charge is -2.45. The van der Waals surface area contributed by atoms with Gasteiger partial charge in [0.2, 0.25) is 0 Å². The molecule has 2 aliphatic carbocycles. The fraction of sp³-hybridized carbons (Fsp3) is 0.857. The molecule has 3 heteroatoms. The summed E-state index contributed by atoms with van der Waals surface area (Å²) in [5.74, 6) is 1.89. The Balaban J connectivity index is 1.65. The van der Waals surface area contributed by atoms with Crippen LogP contribution in [0.25, 0.3) is 0 Å². The van der Waals surface area contributed by atoms with Crippen LogP contribution in [0.5, 0.6) is 0 Å². The van der Waals surface area contributed by atoms with Crippen LogP contribution in [0.4, 0.5) is 0 Å². The molecule has 1 fully saturated rings. The van der Waals surface area contributed by atoms with Crippen LogP contribution < -0.4 is 5.32 Å². The van der Waals surface area contributed by atoms with Gasteiger partial charge >= 0.3 is 0 Å². The monoisotopic (exact) mass is 255 g/mol. The lowest BCUT2D eigenvalue weighted by Crippen LogP contribution is -2.56. The smallest absolute Gasteiger partial charge is 0.0889 e. The van der Waals surface area contributed by atoms with Gasteiger partial charge in [0, 0.05) is 11.8 Å².